The minimum atomic E-state index is -0.780. The van der Waals surface area contributed by atoms with Crippen molar-refractivity contribution >= 4 is 29.2 Å². The number of hydrogen-bond donors (Lipinski definition) is 1. The van der Waals surface area contributed by atoms with Crippen molar-refractivity contribution in [1.82, 2.24) is 0 Å². The Morgan fingerprint density at radius 1 is 1.16 bits per heavy atom. The lowest BCUT2D eigenvalue weighted by molar-refractivity contribution is -0.119. The number of ether oxygens (including phenoxy) is 3. The van der Waals surface area contributed by atoms with Gasteiger partial charge in [0.25, 0.3) is 5.91 Å². The van der Waals surface area contributed by atoms with Gasteiger partial charge >= 0.3 is 5.97 Å². The molecule has 2 aromatic carbocycles. The van der Waals surface area contributed by atoms with Crippen LogP contribution < -0.4 is 14.8 Å². The Hall–Kier alpha value is -2.80. The van der Waals surface area contributed by atoms with Crippen LogP contribution >= 0.6 is 11.6 Å². The van der Waals surface area contributed by atoms with E-state index in [0.717, 1.165) is 6.07 Å². The first-order valence-corrected chi connectivity index (χ1v) is 7.47. The van der Waals surface area contributed by atoms with E-state index in [0.29, 0.717) is 5.75 Å². The van der Waals surface area contributed by atoms with Gasteiger partial charge in [0, 0.05) is 5.02 Å². The first kappa shape index (κ1) is 18.5. The van der Waals surface area contributed by atoms with Crippen molar-refractivity contribution in [2.24, 2.45) is 0 Å². The van der Waals surface area contributed by atoms with Crippen LogP contribution in [0.4, 0.5) is 10.1 Å². The Labute approximate surface area is 148 Å². The molecule has 2 aromatic rings. The molecule has 25 heavy (non-hydrogen) atoms. The Morgan fingerprint density at radius 2 is 1.92 bits per heavy atom. The number of amides is 1. The van der Waals surface area contributed by atoms with Crippen molar-refractivity contribution in [2.75, 3.05) is 26.1 Å². The predicted molar refractivity (Wildman–Crippen MR) is 89.9 cm³/mol. The number of rotatable bonds is 6. The molecule has 1 amide bonds. The van der Waals surface area contributed by atoms with E-state index in [4.69, 9.17) is 25.8 Å². The average molecular weight is 368 g/mol. The van der Waals surface area contributed by atoms with Gasteiger partial charge in [-0.25, -0.2) is 9.18 Å². The molecule has 0 aliphatic rings. The summed E-state index contributed by atoms with van der Waals surface area (Å²) >= 11 is 5.74. The van der Waals surface area contributed by atoms with E-state index in [1.165, 1.54) is 32.4 Å². The molecule has 6 nitrogen and oxygen atoms in total. The highest BCUT2D eigenvalue weighted by atomic mass is 35.5. The smallest absolute Gasteiger partial charge is 0.342 e. The minimum Gasteiger partial charge on any atom is -0.493 e. The van der Waals surface area contributed by atoms with Crippen LogP contribution in [0.2, 0.25) is 5.02 Å². The second kappa shape index (κ2) is 8.34. The maximum Gasteiger partial charge on any atom is 0.342 e. The first-order chi connectivity index (χ1) is 12.0. The van der Waals surface area contributed by atoms with Gasteiger partial charge in [0.15, 0.2) is 18.1 Å². The van der Waals surface area contributed by atoms with Gasteiger partial charge in [0.05, 0.1) is 19.9 Å². The number of hydrogen-bond acceptors (Lipinski definition) is 5. The zero-order valence-electron chi connectivity index (χ0n) is 13.5. The fourth-order valence-electron chi connectivity index (χ4n) is 2.04. The van der Waals surface area contributed by atoms with Crippen molar-refractivity contribution in [3.05, 3.63) is 52.8 Å². The van der Waals surface area contributed by atoms with E-state index < -0.39 is 24.3 Å². The van der Waals surface area contributed by atoms with Crippen molar-refractivity contribution in [1.29, 1.82) is 0 Å². The van der Waals surface area contributed by atoms with Crippen LogP contribution in [-0.2, 0) is 9.53 Å². The molecule has 0 aliphatic heterocycles. The van der Waals surface area contributed by atoms with Crippen molar-refractivity contribution in [3.63, 3.8) is 0 Å². The molecule has 0 bridgehead atoms. The van der Waals surface area contributed by atoms with Gasteiger partial charge in [-0.1, -0.05) is 17.7 Å². The van der Waals surface area contributed by atoms with Crippen LogP contribution in [0.1, 0.15) is 10.4 Å². The molecule has 8 heteroatoms. The van der Waals surface area contributed by atoms with Crippen molar-refractivity contribution in [3.8, 4) is 11.5 Å². The summed E-state index contributed by atoms with van der Waals surface area (Å²) in [7, 11) is 2.81. The Morgan fingerprint density at radius 3 is 2.60 bits per heavy atom. The largest absolute Gasteiger partial charge is 0.493 e. The monoisotopic (exact) mass is 367 g/mol. The summed E-state index contributed by atoms with van der Waals surface area (Å²) in [5.41, 5.74) is -0.00361. The highest BCUT2D eigenvalue weighted by molar-refractivity contribution is 6.30. The lowest BCUT2D eigenvalue weighted by atomic mass is 10.2. The van der Waals surface area contributed by atoms with Crippen molar-refractivity contribution < 1.29 is 28.2 Å². The number of methoxy groups -OCH3 is 2. The number of carbonyl (C=O) groups excluding carboxylic acids is 2. The van der Waals surface area contributed by atoms with Crippen LogP contribution in [-0.4, -0.2) is 32.7 Å². The number of anilines is 1. The van der Waals surface area contributed by atoms with Crippen LogP contribution in [0, 0.1) is 5.82 Å². The highest BCUT2D eigenvalue weighted by Gasteiger charge is 2.19. The fourth-order valence-corrected chi connectivity index (χ4v) is 2.21. The first-order valence-electron chi connectivity index (χ1n) is 7.09. The summed E-state index contributed by atoms with van der Waals surface area (Å²) in [6.07, 6.45) is 0. The summed E-state index contributed by atoms with van der Waals surface area (Å²) in [5, 5.41) is 2.54. The van der Waals surface area contributed by atoms with Gasteiger partial charge in [-0.2, -0.15) is 0 Å². The SMILES string of the molecule is COc1cccc(C(=O)OCC(=O)Nc2cc(Cl)ccc2F)c1OC. The lowest BCUT2D eigenvalue weighted by Gasteiger charge is -2.12. The molecule has 0 atom stereocenters. The third kappa shape index (κ3) is 4.60. The minimum absolute atomic E-state index is 0.101. The summed E-state index contributed by atoms with van der Waals surface area (Å²) < 4.78 is 28.7. The summed E-state index contributed by atoms with van der Waals surface area (Å²) in [4.78, 5) is 24.0. The molecule has 2 rings (SSSR count). The molecule has 0 fully saturated rings. The van der Waals surface area contributed by atoms with Crippen LogP contribution in [0.3, 0.4) is 0 Å². The van der Waals surface area contributed by atoms with E-state index in [1.54, 1.807) is 12.1 Å². The highest BCUT2D eigenvalue weighted by Crippen LogP contribution is 2.31. The average Bonchev–Trinajstić information content (AvgIpc) is 2.61. The molecular formula is C17H15ClFNO5. The van der Waals surface area contributed by atoms with Gasteiger partial charge in [-0.05, 0) is 30.3 Å². The van der Waals surface area contributed by atoms with E-state index in [1.807, 2.05) is 0 Å². The van der Waals surface area contributed by atoms with Gasteiger partial charge in [-0.15, -0.1) is 0 Å². The zero-order valence-corrected chi connectivity index (χ0v) is 14.2. The standard InChI is InChI=1S/C17H15ClFNO5/c1-23-14-5-3-4-11(16(14)24-2)17(22)25-9-15(21)20-13-8-10(18)6-7-12(13)19/h3-8H,9H2,1-2H3,(H,20,21). The Balaban J connectivity index is 2.02. The maximum absolute atomic E-state index is 13.6. The zero-order chi connectivity index (χ0) is 18.4. The number of carbonyl (C=O) groups is 2. The normalized spacial score (nSPS) is 10.1. The van der Waals surface area contributed by atoms with E-state index in [2.05, 4.69) is 5.32 Å². The molecule has 0 saturated heterocycles. The summed E-state index contributed by atoms with van der Waals surface area (Å²) in [6.45, 7) is -0.606. The third-order valence-corrected chi connectivity index (χ3v) is 3.39. The Bertz CT molecular complexity index is 797. The molecule has 0 aromatic heterocycles. The summed E-state index contributed by atoms with van der Waals surface area (Å²) in [6, 6.07) is 8.39. The second-order valence-corrected chi connectivity index (χ2v) is 5.23. The topological polar surface area (TPSA) is 73.9 Å². The van der Waals surface area contributed by atoms with Crippen molar-refractivity contribution in [2.45, 2.75) is 0 Å². The van der Waals surface area contributed by atoms with Crippen LogP contribution in [0.15, 0.2) is 36.4 Å². The second-order valence-electron chi connectivity index (χ2n) is 4.79. The van der Waals surface area contributed by atoms with Gasteiger partial charge < -0.3 is 19.5 Å². The molecule has 0 unspecified atom stereocenters. The number of para-hydroxylation sites is 1. The fraction of sp³-hybridized carbons (Fsp3) is 0.176. The quantitative estimate of drug-likeness (QED) is 0.793. The number of esters is 1. The molecule has 132 valence electrons. The van der Waals surface area contributed by atoms with Gasteiger partial charge in [-0.3, -0.25) is 4.79 Å². The molecule has 0 heterocycles. The molecule has 0 aliphatic carbocycles. The third-order valence-electron chi connectivity index (χ3n) is 3.16. The lowest BCUT2D eigenvalue weighted by Crippen LogP contribution is -2.21. The van der Waals surface area contributed by atoms with E-state index >= 15 is 0 Å². The molecule has 0 spiro atoms. The molecular weight excluding hydrogens is 353 g/mol. The van der Waals surface area contributed by atoms with Crippen LogP contribution in [0.25, 0.3) is 0 Å². The Kier molecular flexibility index (Phi) is 6.19. The summed E-state index contributed by atoms with van der Waals surface area (Å²) in [5.74, 6) is -1.61. The van der Waals surface area contributed by atoms with Crippen LogP contribution in [0.5, 0.6) is 11.5 Å². The molecule has 0 saturated carbocycles. The number of benzene rings is 2. The maximum atomic E-state index is 13.6. The van der Waals surface area contributed by atoms with E-state index in [-0.39, 0.29) is 22.0 Å². The van der Waals surface area contributed by atoms with Gasteiger partial charge in [0.2, 0.25) is 0 Å². The predicted octanol–water partition coefficient (Wildman–Crippen LogP) is 3.29. The van der Waals surface area contributed by atoms with Gasteiger partial charge in [0.1, 0.15) is 11.4 Å². The number of halogens is 2. The number of nitrogens with one attached hydrogen (secondary N) is 1. The molecule has 1 N–H and O–H groups in total. The molecule has 0 radical (unpaired) electrons. The van der Waals surface area contributed by atoms with E-state index in [9.17, 15) is 14.0 Å².